The first-order valence-corrected chi connectivity index (χ1v) is 7.59. The molecule has 2 aromatic rings. The van der Waals surface area contributed by atoms with E-state index in [4.69, 9.17) is 14.2 Å². The summed E-state index contributed by atoms with van der Waals surface area (Å²) in [7, 11) is 4.35. The number of amides is 1. The third kappa shape index (κ3) is 4.32. The minimum atomic E-state index is -1.52. The lowest BCUT2D eigenvalue weighted by molar-refractivity contribution is -0.299. The van der Waals surface area contributed by atoms with Crippen LogP contribution in [0.25, 0.3) is 6.08 Å². The fraction of sp³-hybridized carbons (Fsp3) is 0.158. The van der Waals surface area contributed by atoms with Gasteiger partial charge in [0.05, 0.1) is 33.0 Å². The fourth-order valence-corrected chi connectivity index (χ4v) is 2.28. The molecular formula is C19H18NO6-. The quantitative estimate of drug-likeness (QED) is 0.750. The van der Waals surface area contributed by atoms with E-state index in [1.165, 1.54) is 27.4 Å². The Balaban J connectivity index is 2.39. The summed E-state index contributed by atoms with van der Waals surface area (Å²) in [5.41, 5.74) is 0.352. The zero-order chi connectivity index (χ0) is 19.1. The van der Waals surface area contributed by atoms with Gasteiger partial charge in [-0.25, -0.2) is 0 Å². The van der Waals surface area contributed by atoms with Gasteiger partial charge in [0.15, 0.2) is 11.5 Å². The van der Waals surface area contributed by atoms with E-state index in [0.717, 1.165) is 0 Å². The van der Waals surface area contributed by atoms with Gasteiger partial charge in [-0.3, -0.25) is 4.79 Å². The van der Waals surface area contributed by atoms with Gasteiger partial charge < -0.3 is 29.4 Å². The molecule has 1 N–H and O–H groups in total. The molecule has 0 aliphatic heterocycles. The first-order valence-electron chi connectivity index (χ1n) is 7.59. The number of carboxylic acid groups (broad SMARTS) is 1. The van der Waals surface area contributed by atoms with Crippen LogP contribution in [-0.2, 0) is 4.79 Å². The van der Waals surface area contributed by atoms with Crippen LogP contribution < -0.4 is 24.6 Å². The zero-order valence-electron chi connectivity index (χ0n) is 14.6. The Hall–Kier alpha value is -3.48. The van der Waals surface area contributed by atoms with E-state index in [2.05, 4.69) is 5.32 Å². The molecule has 0 saturated carbocycles. The molecule has 7 heteroatoms. The van der Waals surface area contributed by atoms with Gasteiger partial charge >= 0.3 is 0 Å². The molecule has 26 heavy (non-hydrogen) atoms. The lowest BCUT2D eigenvalue weighted by atomic mass is 10.1. The molecule has 0 unspecified atom stereocenters. The summed E-state index contributed by atoms with van der Waals surface area (Å²) in [4.78, 5) is 23.6. The maximum Gasteiger partial charge on any atom is 0.255 e. The Kier molecular flexibility index (Phi) is 6.21. The molecule has 2 rings (SSSR count). The second-order valence-electron chi connectivity index (χ2n) is 5.12. The maximum absolute atomic E-state index is 12.2. The normalized spacial score (nSPS) is 10.8. The number of nitrogens with one attached hydrogen (secondary N) is 1. The maximum atomic E-state index is 12.2. The predicted octanol–water partition coefficient (Wildman–Crippen LogP) is 1.23. The highest BCUT2D eigenvalue weighted by atomic mass is 16.5. The lowest BCUT2D eigenvalue weighted by Crippen LogP contribution is -2.35. The van der Waals surface area contributed by atoms with Crippen LogP contribution in [0.5, 0.6) is 17.2 Å². The van der Waals surface area contributed by atoms with Crippen molar-refractivity contribution in [3.05, 3.63) is 59.3 Å². The molecule has 0 aromatic heterocycles. The topological polar surface area (TPSA) is 96.9 Å². The van der Waals surface area contributed by atoms with E-state index in [1.807, 2.05) is 0 Å². The highest BCUT2D eigenvalue weighted by Gasteiger charge is 2.14. The predicted molar refractivity (Wildman–Crippen MR) is 93.0 cm³/mol. The highest BCUT2D eigenvalue weighted by Crippen LogP contribution is 2.38. The minimum Gasteiger partial charge on any atom is -0.543 e. The average molecular weight is 356 g/mol. The van der Waals surface area contributed by atoms with E-state index >= 15 is 0 Å². The zero-order valence-corrected chi connectivity index (χ0v) is 14.6. The summed E-state index contributed by atoms with van der Waals surface area (Å²) >= 11 is 0. The van der Waals surface area contributed by atoms with Crippen LogP contribution in [0.15, 0.2) is 48.2 Å². The van der Waals surface area contributed by atoms with Crippen molar-refractivity contribution in [2.75, 3.05) is 21.3 Å². The molecule has 0 heterocycles. The molecule has 7 nitrogen and oxygen atoms in total. The number of hydrogen-bond donors (Lipinski definition) is 1. The number of carboxylic acids is 1. The van der Waals surface area contributed by atoms with E-state index in [-0.39, 0.29) is 0 Å². The van der Waals surface area contributed by atoms with Crippen LogP contribution in [0.1, 0.15) is 15.9 Å². The Morgan fingerprint density at radius 1 is 0.962 bits per heavy atom. The number of benzene rings is 2. The Labute approximate surface area is 150 Å². The number of hydrogen-bond acceptors (Lipinski definition) is 6. The standard InChI is InChI=1S/C19H19NO6/c1-24-15-10-12(11-16(25-2)17(15)26-3)9-14(19(22)23)20-18(21)13-7-5-4-6-8-13/h4-11H,1-3H3,(H,20,21)(H,22,23)/p-1/b14-9+. The molecule has 0 saturated heterocycles. The number of methoxy groups -OCH3 is 3. The largest absolute Gasteiger partial charge is 0.543 e. The summed E-state index contributed by atoms with van der Waals surface area (Å²) < 4.78 is 15.7. The smallest absolute Gasteiger partial charge is 0.255 e. The molecule has 0 aliphatic carbocycles. The molecule has 0 aliphatic rings. The van der Waals surface area contributed by atoms with E-state index in [9.17, 15) is 14.7 Å². The molecule has 0 radical (unpaired) electrons. The van der Waals surface area contributed by atoms with Crippen LogP contribution in [-0.4, -0.2) is 33.2 Å². The van der Waals surface area contributed by atoms with E-state index in [0.29, 0.717) is 28.4 Å². The first kappa shape index (κ1) is 18.9. The number of carbonyl (C=O) groups excluding carboxylic acids is 2. The van der Waals surface area contributed by atoms with Gasteiger partial charge in [-0.05, 0) is 35.9 Å². The van der Waals surface area contributed by atoms with Crippen LogP contribution in [0.2, 0.25) is 0 Å². The lowest BCUT2D eigenvalue weighted by Gasteiger charge is -2.14. The van der Waals surface area contributed by atoms with Gasteiger partial charge in [-0.1, -0.05) is 18.2 Å². The molecule has 0 atom stereocenters. The molecule has 0 spiro atoms. The monoisotopic (exact) mass is 356 g/mol. The molecular weight excluding hydrogens is 338 g/mol. The van der Waals surface area contributed by atoms with Crippen molar-refractivity contribution in [1.29, 1.82) is 0 Å². The van der Waals surface area contributed by atoms with Gasteiger partial charge in [-0.2, -0.15) is 0 Å². The minimum absolute atomic E-state index is 0.324. The van der Waals surface area contributed by atoms with Gasteiger partial charge in [-0.15, -0.1) is 0 Å². The summed E-state index contributed by atoms with van der Waals surface area (Å²) in [5, 5.41) is 13.8. The Bertz CT molecular complexity index is 804. The molecule has 0 fully saturated rings. The molecule has 136 valence electrons. The first-order chi connectivity index (χ1) is 12.5. The SMILES string of the molecule is COc1cc(/C=C(/NC(=O)c2ccccc2)C(=O)[O-])cc(OC)c1OC. The second-order valence-corrected chi connectivity index (χ2v) is 5.12. The number of ether oxygens (including phenoxy) is 3. The van der Waals surface area contributed by atoms with E-state index < -0.39 is 17.6 Å². The van der Waals surface area contributed by atoms with Crippen molar-refractivity contribution >= 4 is 18.0 Å². The average Bonchev–Trinajstić information content (AvgIpc) is 2.66. The molecule has 0 bridgehead atoms. The van der Waals surface area contributed by atoms with Crippen LogP contribution >= 0.6 is 0 Å². The Morgan fingerprint density at radius 3 is 2.00 bits per heavy atom. The van der Waals surface area contributed by atoms with Gasteiger partial charge in [0.1, 0.15) is 0 Å². The van der Waals surface area contributed by atoms with Crippen LogP contribution in [0, 0.1) is 0 Å². The van der Waals surface area contributed by atoms with Crippen molar-refractivity contribution in [3.8, 4) is 17.2 Å². The third-order valence-corrected chi connectivity index (χ3v) is 3.50. The highest BCUT2D eigenvalue weighted by molar-refractivity contribution is 6.02. The van der Waals surface area contributed by atoms with Crippen molar-refractivity contribution in [3.63, 3.8) is 0 Å². The van der Waals surface area contributed by atoms with Crippen molar-refractivity contribution in [2.45, 2.75) is 0 Å². The summed E-state index contributed by atoms with van der Waals surface area (Å²) in [6.45, 7) is 0. The van der Waals surface area contributed by atoms with E-state index in [1.54, 1.807) is 42.5 Å². The summed E-state index contributed by atoms with van der Waals surface area (Å²) in [5.74, 6) is -1.01. The number of carbonyl (C=O) groups is 2. The Morgan fingerprint density at radius 2 is 1.54 bits per heavy atom. The molecule has 1 amide bonds. The number of rotatable bonds is 7. The van der Waals surface area contributed by atoms with Gasteiger partial charge in [0.25, 0.3) is 5.91 Å². The van der Waals surface area contributed by atoms with Crippen LogP contribution in [0.3, 0.4) is 0 Å². The summed E-state index contributed by atoms with van der Waals surface area (Å²) in [6.07, 6.45) is 1.25. The molecule has 2 aromatic carbocycles. The summed E-state index contributed by atoms with van der Waals surface area (Å²) in [6, 6.07) is 11.4. The van der Waals surface area contributed by atoms with Gasteiger partial charge in [0, 0.05) is 5.56 Å². The number of aliphatic carboxylic acids is 1. The van der Waals surface area contributed by atoms with Crippen molar-refractivity contribution in [2.24, 2.45) is 0 Å². The van der Waals surface area contributed by atoms with Crippen molar-refractivity contribution in [1.82, 2.24) is 5.32 Å². The van der Waals surface area contributed by atoms with Gasteiger partial charge in [0.2, 0.25) is 5.75 Å². The fourth-order valence-electron chi connectivity index (χ4n) is 2.28. The van der Waals surface area contributed by atoms with Crippen molar-refractivity contribution < 1.29 is 28.9 Å². The van der Waals surface area contributed by atoms with Crippen LogP contribution in [0.4, 0.5) is 0 Å². The third-order valence-electron chi connectivity index (χ3n) is 3.50. The second kappa shape index (κ2) is 8.57.